The number of hydrogen-bond donors (Lipinski definition) is 1. The van der Waals surface area contributed by atoms with E-state index in [1.165, 1.54) is 55.2 Å². The molecule has 0 saturated carbocycles. The molecule has 1 fully saturated rings. The first-order valence-electron chi connectivity index (χ1n) is 20.9. The van der Waals surface area contributed by atoms with Gasteiger partial charge in [-0.15, -0.1) is 11.3 Å². The van der Waals surface area contributed by atoms with Crippen LogP contribution in [0.4, 0.5) is 8.78 Å². The summed E-state index contributed by atoms with van der Waals surface area (Å²) in [4.78, 5) is 36.9. The highest BCUT2D eigenvalue weighted by molar-refractivity contribution is 7.22. The van der Waals surface area contributed by atoms with E-state index in [4.69, 9.17) is 35.3 Å². The summed E-state index contributed by atoms with van der Waals surface area (Å²) in [6.45, 7) is 5.92. The molecule has 4 bridgehead atoms. The maximum Gasteiger partial charge on any atom is 0.345 e. The van der Waals surface area contributed by atoms with Gasteiger partial charge in [-0.25, -0.2) is 29.1 Å². The van der Waals surface area contributed by atoms with Gasteiger partial charge >= 0.3 is 5.97 Å². The Morgan fingerprint density at radius 2 is 1.77 bits per heavy atom. The first-order chi connectivity index (χ1) is 31.5. The van der Waals surface area contributed by atoms with Crippen molar-refractivity contribution in [2.45, 2.75) is 31.9 Å². The molecule has 6 heterocycles. The van der Waals surface area contributed by atoms with Crippen LogP contribution in [0.5, 0.6) is 28.9 Å². The topological polar surface area (TPSA) is 141 Å². The van der Waals surface area contributed by atoms with E-state index in [9.17, 15) is 14.3 Å². The summed E-state index contributed by atoms with van der Waals surface area (Å²) in [5, 5.41) is 11.6. The molecular weight excluding hydrogens is 878 g/mol. The third kappa shape index (κ3) is 9.38. The number of halogens is 3. The molecule has 3 aromatic heterocycles. The third-order valence-electron chi connectivity index (χ3n) is 11.4. The fraction of sp³-hybridized carbons (Fsp3) is 0.271. The largest absolute Gasteiger partial charge is 0.496 e. The van der Waals surface area contributed by atoms with Crippen LogP contribution in [0.15, 0.2) is 97.5 Å². The minimum absolute atomic E-state index is 0.0162. The van der Waals surface area contributed by atoms with Crippen LogP contribution < -0.4 is 23.7 Å². The number of methoxy groups -OCH3 is 1. The predicted octanol–water partition coefficient (Wildman–Crippen LogP) is 9.10. The van der Waals surface area contributed by atoms with Crippen molar-refractivity contribution in [2.24, 2.45) is 0 Å². The van der Waals surface area contributed by atoms with Crippen molar-refractivity contribution in [3.63, 3.8) is 0 Å². The van der Waals surface area contributed by atoms with Crippen LogP contribution in [0, 0.1) is 12.7 Å². The molecule has 7 aromatic rings. The van der Waals surface area contributed by atoms with Crippen molar-refractivity contribution < 1.29 is 42.4 Å². The van der Waals surface area contributed by atoms with Gasteiger partial charge in [0, 0.05) is 61.3 Å². The van der Waals surface area contributed by atoms with E-state index in [1.54, 1.807) is 54.6 Å². The van der Waals surface area contributed by atoms with Crippen molar-refractivity contribution >= 4 is 39.1 Å². The Kier molecular flexibility index (Phi) is 12.8. The van der Waals surface area contributed by atoms with Crippen molar-refractivity contribution in [3.8, 4) is 61.8 Å². The lowest BCUT2D eigenvalue weighted by atomic mass is 9.96. The van der Waals surface area contributed by atoms with E-state index in [-0.39, 0.29) is 41.7 Å². The number of thiophene rings is 1. The summed E-state index contributed by atoms with van der Waals surface area (Å²) in [6, 6.07) is 23.0. The number of alkyl halides is 1. The van der Waals surface area contributed by atoms with Gasteiger partial charge in [-0.1, -0.05) is 41.9 Å². The number of nitrogens with zero attached hydrogens (tertiary/aromatic N) is 6. The normalized spacial score (nSPS) is 17.4. The minimum atomic E-state index is -2.10. The number of carboxylic acids is 1. The summed E-state index contributed by atoms with van der Waals surface area (Å²) in [5.74, 6) is -0.174. The van der Waals surface area contributed by atoms with Gasteiger partial charge in [-0.3, -0.25) is 4.90 Å². The molecule has 3 atom stereocenters. The molecule has 0 unspecified atom stereocenters. The van der Waals surface area contributed by atoms with Crippen LogP contribution in [0.1, 0.15) is 23.2 Å². The first kappa shape index (κ1) is 43.8. The summed E-state index contributed by atoms with van der Waals surface area (Å²) < 4.78 is 61.6. The van der Waals surface area contributed by atoms with E-state index < -0.39 is 30.4 Å². The zero-order valence-electron chi connectivity index (χ0n) is 35.5. The maximum atomic E-state index is 16.4. The number of rotatable bonds is 9. The van der Waals surface area contributed by atoms with Gasteiger partial charge in [-0.2, -0.15) is 4.39 Å². The van der Waals surface area contributed by atoms with E-state index >= 15 is 4.39 Å². The summed E-state index contributed by atoms with van der Waals surface area (Å²) in [6.07, 6.45) is -1.76. The van der Waals surface area contributed by atoms with Crippen LogP contribution in [0.3, 0.4) is 0 Å². The Bertz CT molecular complexity index is 2860. The van der Waals surface area contributed by atoms with Crippen LogP contribution >= 0.6 is 22.9 Å². The number of aliphatic carboxylic acids is 1. The average Bonchev–Trinajstić information content (AvgIpc) is 3.71. The number of carbonyl (C=O) groups is 1. The third-order valence-corrected chi connectivity index (χ3v) is 13.0. The molecule has 1 saturated heterocycles. The predicted molar refractivity (Wildman–Crippen MR) is 243 cm³/mol. The van der Waals surface area contributed by atoms with E-state index in [1.807, 2.05) is 13.0 Å². The number of hydrogen-bond acceptors (Lipinski definition) is 13. The number of benzene rings is 4. The van der Waals surface area contributed by atoms with E-state index in [2.05, 4.69) is 36.8 Å². The van der Waals surface area contributed by atoms with Gasteiger partial charge in [0.1, 0.15) is 58.4 Å². The standard InChI is InChI=1S/C48H43ClF2N6O7S/c1-27-33-13-15-38(42(27)49)62-32(24-57-20-18-56(2)19-21-57)25-61-31-12-14-36(63-44(51)35-16-17-52-45(55-35)34-6-4-5-7-37(34)60-3)29(22-31)23-39(48(58)59)64-46-41-40(33)43(65-47(41)54-26-53-46)28-8-10-30(50)11-9-28/h4-17,22,26,32,39,44H,18-21,23-25H2,1-3H3,(H,58,59)/t32-,39-,44+/m1/s1. The average molecular weight is 921 g/mol. The Morgan fingerprint density at radius 3 is 2.55 bits per heavy atom. The number of aromatic nitrogens is 4. The van der Waals surface area contributed by atoms with Crippen molar-refractivity contribution in [2.75, 3.05) is 53.5 Å². The molecule has 0 spiro atoms. The van der Waals surface area contributed by atoms with Gasteiger partial charge in [0.2, 0.25) is 12.0 Å². The van der Waals surface area contributed by atoms with Crippen LogP contribution in [-0.2, 0) is 11.2 Å². The van der Waals surface area contributed by atoms with Crippen LogP contribution in [-0.4, -0.2) is 107 Å². The van der Waals surface area contributed by atoms with Gasteiger partial charge in [0.25, 0.3) is 6.36 Å². The molecule has 3 aliphatic rings. The molecule has 3 aliphatic heterocycles. The highest BCUT2D eigenvalue weighted by Gasteiger charge is 2.30. The number of carboxylic acid groups (broad SMARTS) is 1. The summed E-state index contributed by atoms with van der Waals surface area (Å²) in [7, 11) is 3.61. The number of likely N-dealkylation sites (N-methyl/N-ethyl adjacent to an activating group) is 1. The molecule has 10 rings (SSSR count). The first-order valence-corrected chi connectivity index (χ1v) is 22.0. The van der Waals surface area contributed by atoms with Crippen molar-refractivity contribution in [1.82, 2.24) is 29.7 Å². The van der Waals surface area contributed by atoms with Crippen LogP contribution in [0.2, 0.25) is 5.02 Å². The zero-order valence-corrected chi connectivity index (χ0v) is 37.1. The SMILES string of the molecule is COc1ccccc1-c1nccc([C@@H](F)Oc2ccc3cc2C[C@H](C(=O)O)Oc2ncnc4sc(-c5ccc(F)cc5)c(c24)-c2ccc(c(Cl)c2C)O[C@H](CN2CCN(C)CC2)CO3)n1. The van der Waals surface area contributed by atoms with Gasteiger partial charge in [-0.05, 0) is 85.3 Å². The van der Waals surface area contributed by atoms with E-state index in [0.29, 0.717) is 71.7 Å². The second-order valence-corrected chi connectivity index (χ2v) is 17.1. The Morgan fingerprint density at radius 1 is 0.969 bits per heavy atom. The van der Waals surface area contributed by atoms with Gasteiger partial charge in [0.05, 0.1) is 23.1 Å². The Labute approximate surface area is 382 Å². The second kappa shape index (κ2) is 18.9. The monoisotopic (exact) mass is 920 g/mol. The molecule has 1 N–H and O–H groups in total. The van der Waals surface area contributed by atoms with Gasteiger partial charge < -0.3 is 33.7 Å². The molecule has 0 amide bonds. The van der Waals surface area contributed by atoms with E-state index in [0.717, 1.165) is 26.2 Å². The second-order valence-electron chi connectivity index (χ2n) is 15.7. The van der Waals surface area contributed by atoms with Crippen molar-refractivity contribution in [1.29, 1.82) is 0 Å². The number of fused-ring (bicyclic) bond motifs is 7. The molecule has 65 heavy (non-hydrogen) atoms. The number of piperazine rings is 1. The highest BCUT2D eigenvalue weighted by atomic mass is 35.5. The zero-order chi connectivity index (χ0) is 45.2. The maximum absolute atomic E-state index is 16.4. The number of para-hydroxylation sites is 1. The highest BCUT2D eigenvalue weighted by Crippen LogP contribution is 2.50. The fourth-order valence-corrected chi connectivity index (χ4v) is 9.32. The fourth-order valence-electron chi connectivity index (χ4n) is 7.95. The van der Waals surface area contributed by atoms with Crippen LogP contribution in [0.25, 0.3) is 43.2 Å². The molecule has 4 aromatic carbocycles. The summed E-state index contributed by atoms with van der Waals surface area (Å²) >= 11 is 8.53. The molecule has 334 valence electrons. The minimum Gasteiger partial charge on any atom is -0.496 e. The molecular formula is C48H43ClF2N6O7S. The molecule has 0 aliphatic carbocycles. The lowest BCUT2D eigenvalue weighted by Gasteiger charge is -2.34. The molecule has 17 heteroatoms. The van der Waals surface area contributed by atoms with Crippen molar-refractivity contribution in [3.05, 3.63) is 125 Å². The molecule has 13 nitrogen and oxygen atoms in total. The Balaban J connectivity index is 1.15. The number of ether oxygens (including phenoxy) is 5. The summed E-state index contributed by atoms with van der Waals surface area (Å²) in [5.41, 5.74) is 3.43. The van der Waals surface area contributed by atoms with Gasteiger partial charge in [0.15, 0.2) is 5.82 Å². The lowest BCUT2D eigenvalue weighted by Crippen LogP contribution is -2.49. The smallest absolute Gasteiger partial charge is 0.345 e. The lowest BCUT2D eigenvalue weighted by molar-refractivity contribution is -0.145. The Hall–Kier alpha value is -6.46. The molecule has 0 radical (unpaired) electrons. The quantitative estimate of drug-likeness (QED) is 0.147.